The number of nitrogens with two attached hydrogens (primary N) is 1. The first kappa shape index (κ1) is 11.0. The summed E-state index contributed by atoms with van der Waals surface area (Å²) in [6, 6.07) is 0. The van der Waals surface area contributed by atoms with Crippen LogP contribution in [0.4, 0.5) is 0 Å². The predicted octanol–water partition coefficient (Wildman–Crippen LogP) is -0.111. The van der Waals surface area contributed by atoms with Crippen LogP contribution in [0, 0.1) is 11.8 Å². The van der Waals surface area contributed by atoms with Crippen molar-refractivity contribution < 1.29 is 14.3 Å². The second kappa shape index (κ2) is 3.70. The number of fused-ring (bicyclic) bond motifs is 1. The van der Waals surface area contributed by atoms with Gasteiger partial charge in [-0.1, -0.05) is 0 Å². The number of carbonyl (C=O) groups excluding carboxylic acids is 2. The molecule has 1 unspecified atom stereocenters. The van der Waals surface area contributed by atoms with Crippen LogP contribution in [0.1, 0.15) is 25.7 Å². The van der Waals surface area contributed by atoms with Crippen molar-refractivity contribution in [3.63, 3.8) is 0 Å². The standard InChI is InChI=1S/C12H18N2O3/c13-11(16)12-4-8(5-12)6-14(12)10(15)9-2-1-3-17-7-9/h8-9H,1-7H2,(H2,13,16). The van der Waals surface area contributed by atoms with Crippen molar-refractivity contribution in [1.82, 2.24) is 4.90 Å². The highest BCUT2D eigenvalue weighted by Crippen LogP contribution is 2.50. The molecule has 1 atom stereocenters. The lowest BCUT2D eigenvalue weighted by Gasteiger charge is -2.40. The topological polar surface area (TPSA) is 72.6 Å². The molecule has 3 aliphatic heterocycles. The van der Waals surface area contributed by atoms with Crippen LogP contribution in [0.25, 0.3) is 0 Å². The van der Waals surface area contributed by atoms with Gasteiger partial charge in [-0.05, 0) is 31.6 Å². The van der Waals surface area contributed by atoms with Crippen LogP contribution in [0.2, 0.25) is 0 Å². The van der Waals surface area contributed by atoms with Crippen LogP contribution in [0.5, 0.6) is 0 Å². The van der Waals surface area contributed by atoms with Gasteiger partial charge in [0.2, 0.25) is 11.8 Å². The van der Waals surface area contributed by atoms with Crippen molar-refractivity contribution >= 4 is 11.8 Å². The third kappa shape index (κ3) is 1.48. The fraction of sp³-hybridized carbons (Fsp3) is 0.833. The summed E-state index contributed by atoms with van der Waals surface area (Å²) in [5.74, 6) is 0.148. The molecule has 4 fully saturated rings. The van der Waals surface area contributed by atoms with Crippen molar-refractivity contribution in [2.45, 2.75) is 31.2 Å². The van der Waals surface area contributed by atoms with Gasteiger partial charge >= 0.3 is 0 Å². The van der Waals surface area contributed by atoms with E-state index in [0.717, 1.165) is 32.3 Å². The highest BCUT2D eigenvalue weighted by molar-refractivity contribution is 5.93. The average molecular weight is 238 g/mol. The molecule has 2 bridgehead atoms. The highest BCUT2D eigenvalue weighted by atomic mass is 16.5. The lowest BCUT2D eigenvalue weighted by Crippen LogP contribution is -2.58. The molecule has 2 amide bonds. The first-order valence-electron chi connectivity index (χ1n) is 6.32. The van der Waals surface area contributed by atoms with E-state index in [1.165, 1.54) is 0 Å². The first-order valence-corrected chi connectivity index (χ1v) is 6.32. The molecule has 2 N–H and O–H groups in total. The van der Waals surface area contributed by atoms with Gasteiger partial charge in [0.1, 0.15) is 5.54 Å². The Hall–Kier alpha value is -1.10. The maximum Gasteiger partial charge on any atom is 0.243 e. The molecule has 0 aromatic rings. The van der Waals surface area contributed by atoms with Gasteiger partial charge in [-0.2, -0.15) is 0 Å². The Balaban J connectivity index is 1.75. The van der Waals surface area contributed by atoms with Crippen LogP contribution < -0.4 is 5.73 Å². The summed E-state index contributed by atoms with van der Waals surface area (Å²) in [6.45, 7) is 1.94. The van der Waals surface area contributed by atoms with E-state index in [2.05, 4.69) is 0 Å². The lowest BCUT2D eigenvalue weighted by atomic mass is 9.72. The van der Waals surface area contributed by atoms with Crippen LogP contribution in [0.3, 0.4) is 0 Å². The summed E-state index contributed by atoms with van der Waals surface area (Å²) in [6.07, 6.45) is 3.33. The molecule has 0 aromatic heterocycles. The SMILES string of the molecule is NC(=O)C12CC(CN1C(=O)C1CCCOC1)C2. The molecule has 5 nitrogen and oxygen atoms in total. The van der Waals surface area contributed by atoms with Crippen molar-refractivity contribution in [2.75, 3.05) is 19.8 Å². The first-order chi connectivity index (χ1) is 8.13. The van der Waals surface area contributed by atoms with Crippen molar-refractivity contribution in [2.24, 2.45) is 17.6 Å². The van der Waals surface area contributed by atoms with Gasteiger partial charge in [0.05, 0.1) is 12.5 Å². The molecule has 0 aromatic carbocycles. The van der Waals surface area contributed by atoms with Gasteiger partial charge in [0.25, 0.3) is 0 Å². The van der Waals surface area contributed by atoms with E-state index in [0.29, 0.717) is 19.1 Å². The molecular weight excluding hydrogens is 220 g/mol. The Morgan fingerprint density at radius 1 is 1.35 bits per heavy atom. The second-order valence-electron chi connectivity index (χ2n) is 5.53. The number of amides is 2. The van der Waals surface area contributed by atoms with Gasteiger partial charge in [0.15, 0.2) is 0 Å². The Morgan fingerprint density at radius 3 is 2.71 bits per heavy atom. The minimum Gasteiger partial charge on any atom is -0.381 e. The van der Waals surface area contributed by atoms with Gasteiger partial charge in [-0.15, -0.1) is 0 Å². The minimum absolute atomic E-state index is 0.0701. The third-order valence-electron chi connectivity index (χ3n) is 4.44. The number of hydrogen-bond donors (Lipinski definition) is 1. The monoisotopic (exact) mass is 238 g/mol. The zero-order chi connectivity index (χ0) is 12.0. The summed E-state index contributed by atoms with van der Waals surface area (Å²) in [5.41, 5.74) is 4.81. The second-order valence-corrected chi connectivity index (χ2v) is 5.53. The number of primary amides is 1. The molecule has 1 aliphatic carbocycles. The van der Waals surface area contributed by atoms with Crippen LogP contribution in [-0.4, -0.2) is 42.0 Å². The maximum atomic E-state index is 12.4. The lowest BCUT2D eigenvalue weighted by molar-refractivity contribution is -0.150. The summed E-state index contributed by atoms with van der Waals surface area (Å²) in [4.78, 5) is 25.7. The van der Waals surface area contributed by atoms with E-state index in [9.17, 15) is 9.59 Å². The number of ether oxygens (including phenoxy) is 1. The molecule has 0 radical (unpaired) electrons. The van der Waals surface area contributed by atoms with Crippen LogP contribution >= 0.6 is 0 Å². The third-order valence-corrected chi connectivity index (χ3v) is 4.44. The smallest absolute Gasteiger partial charge is 0.243 e. The fourth-order valence-corrected chi connectivity index (χ4v) is 3.47. The Morgan fingerprint density at radius 2 is 2.12 bits per heavy atom. The zero-order valence-electron chi connectivity index (χ0n) is 9.85. The summed E-state index contributed by atoms with van der Waals surface area (Å²) < 4.78 is 5.34. The van der Waals surface area contributed by atoms with E-state index in [1.54, 1.807) is 4.90 Å². The molecule has 17 heavy (non-hydrogen) atoms. The maximum absolute atomic E-state index is 12.4. The fourth-order valence-electron chi connectivity index (χ4n) is 3.47. The molecule has 4 aliphatic rings. The Kier molecular flexibility index (Phi) is 2.40. The number of carbonyl (C=O) groups is 2. The molecule has 94 valence electrons. The molecule has 3 saturated heterocycles. The minimum atomic E-state index is -0.654. The van der Waals surface area contributed by atoms with E-state index < -0.39 is 5.54 Å². The van der Waals surface area contributed by atoms with E-state index >= 15 is 0 Å². The average Bonchev–Trinajstić information content (AvgIpc) is 2.84. The molecule has 3 heterocycles. The van der Waals surface area contributed by atoms with Gasteiger partial charge in [0, 0.05) is 13.2 Å². The molecule has 1 saturated carbocycles. The molecular formula is C12H18N2O3. The zero-order valence-corrected chi connectivity index (χ0v) is 9.85. The highest BCUT2D eigenvalue weighted by Gasteiger charge is 2.62. The van der Waals surface area contributed by atoms with Gasteiger partial charge in [-0.25, -0.2) is 0 Å². The largest absolute Gasteiger partial charge is 0.381 e. The van der Waals surface area contributed by atoms with Crippen LogP contribution in [0.15, 0.2) is 0 Å². The number of rotatable bonds is 2. The van der Waals surface area contributed by atoms with Crippen molar-refractivity contribution in [1.29, 1.82) is 0 Å². The van der Waals surface area contributed by atoms with E-state index in [-0.39, 0.29) is 17.7 Å². The molecule has 0 spiro atoms. The summed E-state index contributed by atoms with van der Waals surface area (Å²) >= 11 is 0. The predicted molar refractivity (Wildman–Crippen MR) is 59.9 cm³/mol. The quantitative estimate of drug-likeness (QED) is 0.729. The van der Waals surface area contributed by atoms with Gasteiger partial charge < -0.3 is 15.4 Å². The summed E-state index contributed by atoms with van der Waals surface area (Å²) in [5, 5.41) is 0. The summed E-state index contributed by atoms with van der Waals surface area (Å²) in [7, 11) is 0. The van der Waals surface area contributed by atoms with E-state index in [4.69, 9.17) is 10.5 Å². The molecule has 4 rings (SSSR count). The van der Waals surface area contributed by atoms with Gasteiger partial charge in [-0.3, -0.25) is 9.59 Å². The van der Waals surface area contributed by atoms with Crippen molar-refractivity contribution in [3.05, 3.63) is 0 Å². The Labute approximate surface area is 100 Å². The Bertz CT molecular complexity index is 357. The van der Waals surface area contributed by atoms with E-state index in [1.807, 2.05) is 0 Å². The van der Waals surface area contributed by atoms with Crippen molar-refractivity contribution in [3.8, 4) is 0 Å². The number of nitrogens with zero attached hydrogens (tertiary/aromatic N) is 1. The number of hydrogen-bond acceptors (Lipinski definition) is 3. The normalized spacial score (nSPS) is 39.9. The molecule has 5 heteroatoms. The van der Waals surface area contributed by atoms with Crippen LogP contribution in [-0.2, 0) is 14.3 Å².